The van der Waals surface area contributed by atoms with Crippen molar-refractivity contribution in [1.29, 1.82) is 0 Å². The van der Waals surface area contributed by atoms with Gasteiger partial charge in [0.2, 0.25) is 0 Å². The molecule has 0 saturated carbocycles. The Morgan fingerprint density at radius 1 is 1.22 bits per heavy atom. The zero-order valence-corrected chi connectivity index (χ0v) is 16.7. The molecule has 1 heterocycles. The van der Waals surface area contributed by atoms with Crippen molar-refractivity contribution >= 4 is 40.6 Å². The van der Waals surface area contributed by atoms with Gasteiger partial charge in [-0.2, -0.15) is 0 Å². The van der Waals surface area contributed by atoms with Crippen LogP contribution in [0, 0.1) is 6.92 Å². The number of amides is 2. The van der Waals surface area contributed by atoms with E-state index in [0.717, 1.165) is 27.8 Å². The standard InChI is InChI=1S/C20H18ClNO4S/c1-12-5-4-6-13(7-12)11-26-18-15(21)8-14(9-16(18)25-3)10-17-19(23)22(2)20(24)27-17/h4-10H,11H2,1-3H3/b17-10-. The van der Waals surface area contributed by atoms with Crippen molar-refractivity contribution in [2.24, 2.45) is 0 Å². The van der Waals surface area contributed by atoms with Crippen molar-refractivity contribution < 1.29 is 19.1 Å². The number of thioether (sulfide) groups is 1. The number of nitrogens with zero attached hydrogens (tertiary/aromatic N) is 1. The molecule has 1 fully saturated rings. The lowest BCUT2D eigenvalue weighted by atomic mass is 10.1. The van der Waals surface area contributed by atoms with E-state index in [4.69, 9.17) is 21.1 Å². The van der Waals surface area contributed by atoms with Crippen LogP contribution >= 0.6 is 23.4 Å². The second-order valence-electron chi connectivity index (χ2n) is 6.05. The van der Waals surface area contributed by atoms with Gasteiger partial charge in [-0.15, -0.1) is 0 Å². The van der Waals surface area contributed by atoms with Crippen LogP contribution in [-0.4, -0.2) is 30.2 Å². The van der Waals surface area contributed by atoms with Crippen LogP contribution in [0.4, 0.5) is 4.79 Å². The largest absolute Gasteiger partial charge is 0.493 e. The zero-order chi connectivity index (χ0) is 19.6. The maximum atomic E-state index is 12.0. The van der Waals surface area contributed by atoms with E-state index in [9.17, 15) is 9.59 Å². The molecule has 1 saturated heterocycles. The number of benzene rings is 2. The van der Waals surface area contributed by atoms with Crippen molar-refractivity contribution in [3.63, 3.8) is 0 Å². The molecule has 0 aromatic heterocycles. The third kappa shape index (κ3) is 4.28. The number of hydrogen-bond acceptors (Lipinski definition) is 5. The summed E-state index contributed by atoms with van der Waals surface area (Å²) >= 11 is 7.28. The Morgan fingerprint density at radius 2 is 2.00 bits per heavy atom. The van der Waals surface area contributed by atoms with E-state index in [1.165, 1.54) is 14.2 Å². The summed E-state index contributed by atoms with van der Waals surface area (Å²) in [6.07, 6.45) is 1.62. The highest BCUT2D eigenvalue weighted by atomic mass is 35.5. The first kappa shape index (κ1) is 19.3. The molecule has 27 heavy (non-hydrogen) atoms. The summed E-state index contributed by atoms with van der Waals surface area (Å²) in [6.45, 7) is 2.37. The number of halogens is 1. The molecule has 0 aliphatic carbocycles. The number of imide groups is 1. The Morgan fingerprint density at radius 3 is 2.63 bits per heavy atom. The van der Waals surface area contributed by atoms with Crippen LogP contribution in [0.5, 0.6) is 11.5 Å². The third-order valence-electron chi connectivity index (χ3n) is 4.00. The van der Waals surface area contributed by atoms with Crippen molar-refractivity contribution in [3.05, 3.63) is 63.0 Å². The van der Waals surface area contributed by atoms with Crippen LogP contribution in [0.25, 0.3) is 6.08 Å². The van der Waals surface area contributed by atoms with Crippen LogP contribution in [0.2, 0.25) is 5.02 Å². The minimum atomic E-state index is -0.333. The number of likely N-dealkylation sites (N-methyl/N-ethyl adjacent to an activating group) is 1. The van der Waals surface area contributed by atoms with Gasteiger partial charge in [0.1, 0.15) is 6.61 Å². The summed E-state index contributed by atoms with van der Waals surface area (Å²) in [4.78, 5) is 25.1. The number of carbonyl (C=O) groups is 2. The van der Waals surface area contributed by atoms with E-state index < -0.39 is 0 Å². The SMILES string of the molecule is COc1cc(/C=C2\SC(=O)N(C)C2=O)cc(Cl)c1OCc1cccc(C)c1. The fourth-order valence-corrected chi connectivity index (χ4v) is 3.72. The normalized spacial score (nSPS) is 15.6. The molecule has 3 rings (SSSR count). The molecule has 2 aromatic rings. The van der Waals surface area contributed by atoms with Gasteiger partial charge >= 0.3 is 0 Å². The molecule has 2 amide bonds. The second kappa shape index (κ2) is 8.06. The highest BCUT2D eigenvalue weighted by Crippen LogP contribution is 2.39. The lowest BCUT2D eigenvalue weighted by molar-refractivity contribution is -0.121. The van der Waals surface area contributed by atoms with Gasteiger partial charge in [-0.3, -0.25) is 14.5 Å². The van der Waals surface area contributed by atoms with Gasteiger partial charge in [0.05, 0.1) is 17.0 Å². The van der Waals surface area contributed by atoms with E-state index >= 15 is 0 Å². The van der Waals surface area contributed by atoms with E-state index in [1.54, 1.807) is 18.2 Å². The fraction of sp³-hybridized carbons (Fsp3) is 0.200. The molecule has 0 N–H and O–H groups in total. The van der Waals surface area contributed by atoms with Crippen LogP contribution in [-0.2, 0) is 11.4 Å². The van der Waals surface area contributed by atoms with Gasteiger partial charge in [-0.1, -0.05) is 41.4 Å². The average molecular weight is 404 g/mol. The molecule has 1 aliphatic rings. The van der Waals surface area contributed by atoms with Crippen molar-refractivity contribution in [2.45, 2.75) is 13.5 Å². The van der Waals surface area contributed by atoms with Crippen LogP contribution in [0.15, 0.2) is 41.3 Å². The fourth-order valence-electron chi connectivity index (χ4n) is 2.62. The van der Waals surface area contributed by atoms with Crippen molar-refractivity contribution in [1.82, 2.24) is 4.90 Å². The van der Waals surface area contributed by atoms with E-state index in [-0.39, 0.29) is 11.1 Å². The predicted octanol–water partition coefficient (Wildman–Crippen LogP) is 4.90. The van der Waals surface area contributed by atoms with Crippen molar-refractivity contribution in [3.8, 4) is 11.5 Å². The summed E-state index contributed by atoms with van der Waals surface area (Å²) in [7, 11) is 2.98. The summed E-state index contributed by atoms with van der Waals surface area (Å²) < 4.78 is 11.3. The van der Waals surface area contributed by atoms with Gasteiger partial charge in [0.15, 0.2) is 11.5 Å². The van der Waals surface area contributed by atoms with Crippen molar-refractivity contribution in [2.75, 3.05) is 14.2 Å². The van der Waals surface area contributed by atoms with Crippen LogP contribution in [0.1, 0.15) is 16.7 Å². The predicted molar refractivity (Wildman–Crippen MR) is 107 cm³/mol. The Bertz CT molecular complexity index is 942. The van der Waals surface area contributed by atoms with Gasteiger partial charge in [0, 0.05) is 7.05 Å². The summed E-state index contributed by atoms with van der Waals surface area (Å²) in [5.74, 6) is 0.554. The summed E-state index contributed by atoms with van der Waals surface area (Å²) in [5, 5.41) is 0.0615. The highest BCUT2D eigenvalue weighted by molar-refractivity contribution is 8.18. The number of ether oxygens (including phenoxy) is 2. The average Bonchev–Trinajstić information content (AvgIpc) is 2.87. The molecule has 5 nitrogen and oxygen atoms in total. The molecular formula is C20H18ClNO4S. The lowest BCUT2D eigenvalue weighted by Gasteiger charge is -2.14. The van der Waals surface area contributed by atoms with E-state index in [2.05, 4.69) is 0 Å². The second-order valence-corrected chi connectivity index (χ2v) is 7.45. The van der Waals surface area contributed by atoms with Gasteiger partial charge in [-0.25, -0.2) is 0 Å². The lowest BCUT2D eigenvalue weighted by Crippen LogP contribution is -2.22. The maximum absolute atomic E-state index is 12.0. The first-order chi connectivity index (χ1) is 12.9. The topological polar surface area (TPSA) is 55.8 Å². The number of carbonyl (C=O) groups excluding carboxylic acids is 2. The highest BCUT2D eigenvalue weighted by Gasteiger charge is 2.31. The summed E-state index contributed by atoms with van der Waals surface area (Å²) in [6, 6.07) is 11.4. The molecule has 0 atom stereocenters. The van der Waals surface area contributed by atoms with Crippen LogP contribution in [0.3, 0.4) is 0 Å². The van der Waals surface area contributed by atoms with Gasteiger partial charge in [-0.05, 0) is 48.0 Å². The van der Waals surface area contributed by atoms with Crippen LogP contribution < -0.4 is 9.47 Å². The minimum Gasteiger partial charge on any atom is -0.493 e. The zero-order valence-electron chi connectivity index (χ0n) is 15.1. The molecular weight excluding hydrogens is 386 g/mol. The minimum absolute atomic E-state index is 0.303. The molecule has 0 spiro atoms. The quantitative estimate of drug-likeness (QED) is 0.664. The smallest absolute Gasteiger partial charge is 0.293 e. The molecule has 7 heteroatoms. The molecule has 0 unspecified atom stereocenters. The van der Waals surface area contributed by atoms with Gasteiger partial charge in [0.25, 0.3) is 11.1 Å². The Labute approximate surface area is 166 Å². The van der Waals surface area contributed by atoms with E-state index in [0.29, 0.717) is 33.6 Å². The number of aryl methyl sites for hydroxylation is 1. The molecule has 140 valence electrons. The Balaban J connectivity index is 1.85. The molecule has 0 bridgehead atoms. The molecule has 1 aliphatic heterocycles. The Hall–Kier alpha value is -2.44. The van der Waals surface area contributed by atoms with Gasteiger partial charge < -0.3 is 9.47 Å². The van der Waals surface area contributed by atoms with E-state index in [1.807, 2.05) is 31.2 Å². The molecule has 0 radical (unpaired) electrons. The monoisotopic (exact) mass is 403 g/mol. The first-order valence-electron chi connectivity index (χ1n) is 8.16. The number of rotatable bonds is 5. The number of methoxy groups -OCH3 is 1. The Kier molecular flexibility index (Phi) is 5.77. The first-order valence-corrected chi connectivity index (χ1v) is 9.36. The summed E-state index contributed by atoms with van der Waals surface area (Å²) in [5.41, 5.74) is 2.82. The number of hydrogen-bond donors (Lipinski definition) is 0. The third-order valence-corrected chi connectivity index (χ3v) is 5.24. The molecule has 2 aromatic carbocycles. The maximum Gasteiger partial charge on any atom is 0.293 e.